The van der Waals surface area contributed by atoms with Gasteiger partial charge in [-0.25, -0.2) is 4.79 Å². The van der Waals surface area contributed by atoms with Gasteiger partial charge in [0.25, 0.3) is 5.56 Å². The summed E-state index contributed by atoms with van der Waals surface area (Å²) in [4.78, 5) is 46.2. The molecule has 120 valence electrons. The van der Waals surface area contributed by atoms with E-state index >= 15 is 0 Å². The van der Waals surface area contributed by atoms with Crippen molar-refractivity contribution in [3.63, 3.8) is 0 Å². The van der Waals surface area contributed by atoms with Crippen LogP contribution < -0.4 is 16.6 Å². The van der Waals surface area contributed by atoms with E-state index in [0.29, 0.717) is 12.1 Å². The van der Waals surface area contributed by atoms with Crippen molar-refractivity contribution in [3.05, 3.63) is 34.2 Å². The highest BCUT2D eigenvalue weighted by Crippen LogP contribution is 2.12. The molecule has 0 aliphatic rings. The predicted octanol–water partition coefficient (Wildman–Crippen LogP) is -0.447. The van der Waals surface area contributed by atoms with Crippen LogP contribution in [0, 0.1) is 6.92 Å². The lowest BCUT2D eigenvalue weighted by molar-refractivity contribution is -0.143. The topological polar surface area (TPSA) is 131 Å². The maximum absolute atomic E-state index is 12.3. The van der Waals surface area contributed by atoms with Crippen LogP contribution in [0.15, 0.2) is 23.0 Å². The third-order valence-corrected chi connectivity index (χ3v) is 3.21. The molecule has 1 heterocycles. The number of aromatic nitrogens is 1. The van der Waals surface area contributed by atoms with E-state index in [9.17, 15) is 19.2 Å². The Labute approximate surface area is 126 Å². The molecule has 2 amide bonds. The van der Waals surface area contributed by atoms with E-state index in [1.54, 1.807) is 26.0 Å². The van der Waals surface area contributed by atoms with Gasteiger partial charge in [-0.2, -0.15) is 0 Å². The minimum atomic E-state index is -1.42. The molecule has 0 aliphatic heterocycles. The zero-order valence-electron chi connectivity index (χ0n) is 12.4. The molecule has 0 aromatic carbocycles. The van der Waals surface area contributed by atoms with Crippen LogP contribution in [0.1, 0.15) is 31.5 Å². The number of carboxylic acid groups (broad SMARTS) is 1. The van der Waals surface area contributed by atoms with Crippen LogP contribution in [-0.2, 0) is 14.4 Å². The van der Waals surface area contributed by atoms with Crippen LogP contribution >= 0.6 is 0 Å². The van der Waals surface area contributed by atoms with Gasteiger partial charge >= 0.3 is 5.97 Å². The van der Waals surface area contributed by atoms with E-state index in [-0.39, 0.29) is 5.56 Å². The van der Waals surface area contributed by atoms with Crippen molar-refractivity contribution in [1.82, 2.24) is 9.88 Å². The number of aliphatic carboxylic acids is 1. The first-order valence-corrected chi connectivity index (χ1v) is 6.77. The monoisotopic (exact) mass is 309 g/mol. The summed E-state index contributed by atoms with van der Waals surface area (Å²) in [5.41, 5.74) is 5.19. The van der Waals surface area contributed by atoms with E-state index in [4.69, 9.17) is 10.8 Å². The first-order chi connectivity index (χ1) is 10.3. The van der Waals surface area contributed by atoms with Gasteiger partial charge in [-0.05, 0) is 19.4 Å². The molecule has 0 bridgehead atoms. The van der Waals surface area contributed by atoms with Gasteiger partial charge in [-0.3, -0.25) is 14.4 Å². The molecule has 0 saturated heterocycles. The van der Waals surface area contributed by atoms with Crippen LogP contribution in [-0.4, -0.2) is 33.5 Å². The van der Waals surface area contributed by atoms with E-state index in [1.807, 2.05) is 0 Å². The number of pyridine rings is 1. The van der Waals surface area contributed by atoms with Crippen molar-refractivity contribution in [3.8, 4) is 0 Å². The molecular weight excluding hydrogens is 290 g/mol. The minimum absolute atomic E-state index is 0.291. The quantitative estimate of drug-likeness (QED) is 0.628. The van der Waals surface area contributed by atoms with Gasteiger partial charge in [0.1, 0.15) is 12.1 Å². The molecule has 0 aliphatic carbocycles. The third-order valence-electron chi connectivity index (χ3n) is 3.21. The number of nitrogens with zero attached hydrogens (tertiary/aromatic N) is 1. The van der Waals surface area contributed by atoms with Gasteiger partial charge in [0, 0.05) is 11.8 Å². The summed E-state index contributed by atoms with van der Waals surface area (Å²) in [7, 11) is 0. The van der Waals surface area contributed by atoms with Crippen LogP contribution in [0.5, 0.6) is 0 Å². The highest BCUT2D eigenvalue weighted by Gasteiger charge is 2.27. The SMILES string of the molecule is CCC(C(=O)NC(CC(N)=O)C(=O)O)n1c(C)cccc1=O. The minimum Gasteiger partial charge on any atom is -0.480 e. The Morgan fingerprint density at radius 2 is 2.00 bits per heavy atom. The van der Waals surface area contributed by atoms with Crippen molar-refractivity contribution in [2.24, 2.45) is 5.73 Å². The van der Waals surface area contributed by atoms with Gasteiger partial charge in [0.15, 0.2) is 0 Å². The maximum atomic E-state index is 12.3. The van der Waals surface area contributed by atoms with Crippen molar-refractivity contribution < 1.29 is 19.5 Å². The largest absolute Gasteiger partial charge is 0.480 e. The maximum Gasteiger partial charge on any atom is 0.326 e. The van der Waals surface area contributed by atoms with Crippen molar-refractivity contribution in [2.45, 2.75) is 38.8 Å². The molecule has 4 N–H and O–H groups in total. The van der Waals surface area contributed by atoms with Gasteiger partial charge in [-0.15, -0.1) is 0 Å². The highest BCUT2D eigenvalue weighted by molar-refractivity contribution is 5.89. The van der Waals surface area contributed by atoms with Gasteiger partial charge in [0.05, 0.1) is 6.42 Å². The molecule has 1 rings (SSSR count). The lowest BCUT2D eigenvalue weighted by Gasteiger charge is -2.22. The number of hydrogen-bond acceptors (Lipinski definition) is 4. The van der Waals surface area contributed by atoms with Crippen LogP contribution in [0.4, 0.5) is 0 Å². The second-order valence-corrected chi connectivity index (χ2v) is 4.87. The summed E-state index contributed by atoms with van der Waals surface area (Å²) >= 11 is 0. The number of carbonyl (C=O) groups is 3. The van der Waals surface area contributed by atoms with Crippen LogP contribution in [0.2, 0.25) is 0 Å². The summed E-state index contributed by atoms with van der Waals surface area (Å²) in [6.07, 6.45) is -0.223. The van der Waals surface area contributed by atoms with E-state index in [2.05, 4.69) is 5.32 Å². The van der Waals surface area contributed by atoms with Gasteiger partial charge in [0.2, 0.25) is 11.8 Å². The fourth-order valence-corrected chi connectivity index (χ4v) is 2.16. The lowest BCUT2D eigenvalue weighted by atomic mass is 10.1. The number of amides is 2. The molecule has 0 radical (unpaired) electrons. The molecule has 1 aromatic rings. The summed E-state index contributed by atoms with van der Waals surface area (Å²) < 4.78 is 1.29. The highest BCUT2D eigenvalue weighted by atomic mass is 16.4. The average molecular weight is 309 g/mol. The summed E-state index contributed by atoms with van der Waals surface area (Å²) in [6.45, 7) is 3.38. The molecule has 0 saturated carbocycles. The van der Waals surface area contributed by atoms with Crippen molar-refractivity contribution >= 4 is 17.8 Å². The fraction of sp³-hybridized carbons (Fsp3) is 0.429. The van der Waals surface area contributed by atoms with E-state index in [0.717, 1.165) is 0 Å². The molecule has 0 fully saturated rings. The molecule has 8 nitrogen and oxygen atoms in total. The Bertz CT molecular complexity index is 638. The average Bonchev–Trinajstić information content (AvgIpc) is 2.41. The molecule has 1 aromatic heterocycles. The zero-order valence-corrected chi connectivity index (χ0v) is 12.4. The Morgan fingerprint density at radius 3 is 2.45 bits per heavy atom. The number of hydrogen-bond donors (Lipinski definition) is 3. The number of carboxylic acids is 1. The van der Waals surface area contributed by atoms with Crippen molar-refractivity contribution in [1.29, 1.82) is 0 Å². The first kappa shape index (κ1) is 17.4. The molecular formula is C14H19N3O5. The summed E-state index contributed by atoms with van der Waals surface area (Å²) in [6, 6.07) is 2.30. The Kier molecular flexibility index (Phi) is 5.85. The Hall–Kier alpha value is -2.64. The number of nitrogens with two attached hydrogens (primary N) is 1. The van der Waals surface area contributed by atoms with E-state index in [1.165, 1.54) is 10.6 Å². The Morgan fingerprint density at radius 1 is 1.36 bits per heavy atom. The molecule has 2 unspecified atom stereocenters. The number of rotatable bonds is 7. The first-order valence-electron chi connectivity index (χ1n) is 6.77. The van der Waals surface area contributed by atoms with Crippen LogP contribution in [0.3, 0.4) is 0 Å². The molecule has 22 heavy (non-hydrogen) atoms. The summed E-state index contributed by atoms with van der Waals surface area (Å²) in [5, 5.41) is 11.3. The normalized spacial score (nSPS) is 13.2. The summed E-state index contributed by atoms with van der Waals surface area (Å²) in [5.74, 6) is -2.85. The lowest BCUT2D eigenvalue weighted by Crippen LogP contribution is -2.47. The third kappa shape index (κ3) is 4.18. The smallest absolute Gasteiger partial charge is 0.326 e. The van der Waals surface area contributed by atoms with Gasteiger partial charge in [-0.1, -0.05) is 13.0 Å². The van der Waals surface area contributed by atoms with E-state index < -0.39 is 36.3 Å². The number of aryl methyl sites for hydroxylation is 1. The molecule has 8 heteroatoms. The second-order valence-electron chi connectivity index (χ2n) is 4.87. The number of nitrogens with one attached hydrogen (secondary N) is 1. The second kappa shape index (κ2) is 7.39. The molecule has 0 spiro atoms. The van der Waals surface area contributed by atoms with Crippen LogP contribution in [0.25, 0.3) is 0 Å². The zero-order chi connectivity index (χ0) is 16.9. The van der Waals surface area contributed by atoms with Gasteiger partial charge < -0.3 is 20.7 Å². The Balaban J connectivity index is 3.04. The van der Waals surface area contributed by atoms with Crippen molar-refractivity contribution in [2.75, 3.05) is 0 Å². The predicted molar refractivity (Wildman–Crippen MR) is 78.1 cm³/mol. The molecule has 2 atom stereocenters. The standard InChI is InChI=1S/C14H19N3O5/c1-3-10(17-8(2)5-4-6-12(17)19)13(20)16-9(14(21)22)7-11(15)18/h4-6,9-10H,3,7H2,1-2H3,(H2,15,18)(H,16,20)(H,21,22). The fourth-order valence-electron chi connectivity index (χ4n) is 2.16. The number of carbonyl (C=O) groups excluding carboxylic acids is 2. The number of primary amides is 1.